The average Bonchev–Trinajstić information content (AvgIpc) is 3.24. The number of aromatic amines is 1. The summed E-state index contributed by atoms with van der Waals surface area (Å²) in [5, 5.41) is 8.42. The lowest BCUT2D eigenvalue weighted by molar-refractivity contribution is 0.0929. The van der Waals surface area contributed by atoms with Gasteiger partial charge < -0.3 is 15.6 Å². The fraction of sp³-hybridized carbons (Fsp3) is 0.333. The van der Waals surface area contributed by atoms with E-state index in [1.165, 1.54) is 0 Å². The summed E-state index contributed by atoms with van der Waals surface area (Å²) in [6.07, 6.45) is 3.60. The number of nitrogens with zero attached hydrogens (tertiary/aromatic N) is 1. The van der Waals surface area contributed by atoms with Gasteiger partial charge in [-0.2, -0.15) is 0 Å². The van der Waals surface area contributed by atoms with Crippen LogP contribution in [0.1, 0.15) is 41.3 Å². The molecule has 2 aromatic carbocycles. The molecule has 0 atom stereocenters. The Morgan fingerprint density at radius 3 is 2.66 bits per heavy atom. The highest BCUT2D eigenvalue weighted by molar-refractivity contribution is 7.91. The molecule has 0 unspecified atom stereocenters. The lowest BCUT2D eigenvalue weighted by atomic mass is 9.93. The van der Waals surface area contributed by atoms with Crippen LogP contribution < -0.4 is 10.6 Å². The second-order valence-corrected chi connectivity index (χ2v) is 11.6. The van der Waals surface area contributed by atoms with Crippen molar-refractivity contribution in [2.45, 2.75) is 44.6 Å². The van der Waals surface area contributed by atoms with E-state index < -0.39 is 9.84 Å². The molecule has 1 aliphatic rings. The number of fused-ring (bicyclic) bond motifs is 3. The molecule has 5 rings (SSSR count). The third-order valence-electron chi connectivity index (χ3n) is 6.93. The minimum absolute atomic E-state index is 0.0276. The first-order valence-electron chi connectivity index (χ1n) is 12.0. The van der Waals surface area contributed by atoms with E-state index in [1.54, 1.807) is 25.1 Å². The highest BCUT2D eigenvalue weighted by Gasteiger charge is 2.23. The first-order valence-corrected chi connectivity index (χ1v) is 13.7. The van der Waals surface area contributed by atoms with Crippen LogP contribution >= 0.6 is 0 Å². The smallest absolute Gasteiger partial charge is 0.251 e. The summed E-state index contributed by atoms with van der Waals surface area (Å²) in [5.41, 5.74) is 5.60. The quantitative estimate of drug-likeness (QED) is 0.388. The summed E-state index contributed by atoms with van der Waals surface area (Å²) >= 11 is 0. The Balaban J connectivity index is 1.74. The van der Waals surface area contributed by atoms with Gasteiger partial charge in [-0.1, -0.05) is 19.1 Å². The molecule has 3 heterocycles. The molecular formula is C27H30N4O3S. The number of amides is 1. The summed E-state index contributed by atoms with van der Waals surface area (Å²) in [7, 11) is -3.38. The molecule has 0 spiro atoms. The third-order valence-corrected chi connectivity index (χ3v) is 8.66. The Kier molecular flexibility index (Phi) is 6.11. The largest absolute Gasteiger partial charge is 0.349 e. The molecule has 1 saturated heterocycles. The molecule has 0 saturated carbocycles. The fourth-order valence-electron chi connectivity index (χ4n) is 4.91. The topological polar surface area (TPSA) is 104 Å². The van der Waals surface area contributed by atoms with Crippen LogP contribution in [0, 0.1) is 13.8 Å². The van der Waals surface area contributed by atoms with Crippen molar-refractivity contribution < 1.29 is 13.2 Å². The van der Waals surface area contributed by atoms with Crippen molar-refractivity contribution in [1.82, 2.24) is 20.6 Å². The van der Waals surface area contributed by atoms with E-state index in [0.717, 1.165) is 70.1 Å². The molecule has 4 aromatic rings. The number of sulfone groups is 1. The van der Waals surface area contributed by atoms with Gasteiger partial charge in [-0.05, 0) is 86.3 Å². The molecule has 1 aliphatic heterocycles. The van der Waals surface area contributed by atoms with Crippen molar-refractivity contribution in [2.75, 3.05) is 18.8 Å². The number of rotatable bonds is 5. The van der Waals surface area contributed by atoms with Crippen LogP contribution in [0.3, 0.4) is 0 Å². The number of aryl methyl sites for hydroxylation is 2. The van der Waals surface area contributed by atoms with Crippen molar-refractivity contribution in [2.24, 2.45) is 0 Å². The van der Waals surface area contributed by atoms with E-state index in [4.69, 9.17) is 0 Å². The second kappa shape index (κ2) is 9.09. The van der Waals surface area contributed by atoms with Crippen molar-refractivity contribution in [3.63, 3.8) is 0 Å². The average molecular weight is 491 g/mol. The molecule has 0 aliphatic carbocycles. The SMILES string of the molecule is CCS(=O)(=O)c1cccc(-c2cc(C(=O)NC3CCNCC3)c(C)c3[nH]c4ncc(C)cc4c23)c1. The van der Waals surface area contributed by atoms with Gasteiger partial charge in [0.1, 0.15) is 5.65 Å². The van der Waals surface area contributed by atoms with Crippen LogP contribution in [0.15, 0.2) is 47.5 Å². The van der Waals surface area contributed by atoms with Crippen LogP contribution in [0.25, 0.3) is 33.1 Å². The molecule has 182 valence electrons. The van der Waals surface area contributed by atoms with Gasteiger partial charge in [0.2, 0.25) is 0 Å². The molecule has 0 radical (unpaired) electrons. The van der Waals surface area contributed by atoms with E-state index in [9.17, 15) is 13.2 Å². The first kappa shape index (κ1) is 23.5. The van der Waals surface area contributed by atoms with Crippen LogP contribution in [0.4, 0.5) is 0 Å². The fourth-order valence-corrected chi connectivity index (χ4v) is 5.84. The van der Waals surface area contributed by atoms with E-state index >= 15 is 0 Å². The van der Waals surface area contributed by atoms with E-state index in [0.29, 0.717) is 5.56 Å². The van der Waals surface area contributed by atoms with Crippen molar-refractivity contribution in [3.8, 4) is 11.1 Å². The van der Waals surface area contributed by atoms with Gasteiger partial charge in [0.25, 0.3) is 5.91 Å². The van der Waals surface area contributed by atoms with Gasteiger partial charge in [0.05, 0.1) is 16.2 Å². The summed E-state index contributed by atoms with van der Waals surface area (Å²) in [6, 6.07) is 11.1. The van der Waals surface area contributed by atoms with Crippen molar-refractivity contribution in [3.05, 3.63) is 59.3 Å². The van der Waals surface area contributed by atoms with E-state index in [2.05, 4.69) is 26.7 Å². The van der Waals surface area contributed by atoms with Crippen molar-refractivity contribution >= 4 is 37.7 Å². The number of hydrogen-bond donors (Lipinski definition) is 3. The van der Waals surface area contributed by atoms with E-state index in [-0.39, 0.29) is 22.6 Å². The first-order chi connectivity index (χ1) is 16.8. The number of carbonyl (C=O) groups excluding carboxylic acids is 1. The molecule has 1 amide bonds. The summed E-state index contributed by atoms with van der Waals surface area (Å²) in [5.74, 6) is -0.0856. The molecule has 7 nitrogen and oxygen atoms in total. The number of hydrogen-bond acceptors (Lipinski definition) is 5. The zero-order chi connectivity index (χ0) is 24.7. The number of nitrogens with one attached hydrogen (secondary N) is 3. The molecular weight excluding hydrogens is 460 g/mol. The summed E-state index contributed by atoms with van der Waals surface area (Å²) in [4.78, 5) is 21.7. The number of carbonyl (C=O) groups is 1. The zero-order valence-corrected chi connectivity index (χ0v) is 21.1. The Bertz CT molecular complexity index is 1550. The third kappa shape index (κ3) is 4.32. The van der Waals surface area contributed by atoms with Gasteiger partial charge in [-0.25, -0.2) is 13.4 Å². The Labute approximate surface area is 205 Å². The van der Waals surface area contributed by atoms with Gasteiger partial charge in [-0.3, -0.25) is 4.79 Å². The molecule has 2 aromatic heterocycles. The van der Waals surface area contributed by atoms with Gasteiger partial charge in [0.15, 0.2) is 9.84 Å². The van der Waals surface area contributed by atoms with Crippen LogP contribution in [0.2, 0.25) is 0 Å². The standard InChI is InChI=1S/C27H30N4O3S/c1-4-35(33,34)20-7-5-6-18(13-20)22-14-21(27(32)30-19-8-10-28-11-9-19)17(3)25-24(22)23-12-16(2)15-29-26(23)31-25/h5-7,12-15,19,28H,4,8-11H2,1-3H3,(H,29,31)(H,30,32). The van der Waals surface area contributed by atoms with E-state index in [1.807, 2.05) is 32.2 Å². The molecule has 0 bridgehead atoms. The normalized spacial score (nSPS) is 15.1. The second-order valence-electron chi connectivity index (χ2n) is 9.31. The summed E-state index contributed by atoms with van der Waals surface area (Å²) < 4.78 is 25.2. The Morgan fingerprint density at radius 1 is 1.14 bits per heavy atom. The highest BCUT2D eigenvalue weighted by atomic mass is 32.2. The molecule has 3 N–H and O–H groups in total. The highest BCUT2D eigenvalue weighted by Crippen LogP contribution is 2.38. The number of aromatic nitrogens is 2. The van der Waals surface area contributed by atoms with Gasteiger partial charge >= 0.3 is 0 Å². The number of benzene rings is 2. The number of piperidine rings is 1. The predicted molar refractivity (Wildman–Crippen MR) is 140 cm³/mol. The predicted octanol–water partition coefficient (Wildman–Crippen LogP) is 4.28. The summed E-state index contributed by atoms with van der Waals surface area (Å²) in [6.45, 7) is 7.36. The minimum Gasteiger partial charge on any atom is -0.349 e. The molecule has 1 fully saturated rings. The number of H-pyrrole nitrogens is 1. The monoisotopic (exact) mass is 490 g/mol. The number of pyridine rings is 1. The van der Waals surface area contributed by atoms with Crippen molar-refractivity contribution in [1.29, 1.82) is 0 Å². The Morgan fingerprint density at radius 2 is 1.91 bits per heavy atom. The maximum atomic E-state index is 13.4. The van der Waals surface area contributed by atoms with Crippen LogP contribution in [-0.2, 0) is 9.84 Å². The van der Waals surface area contributed by atoms with Crippen LogP contribution in [-0.4, -0.2) is 49.2 Å². The maximum Gasteiger partial charge on any atom is 0.251 e. The van der Waals surface area contributed by atoms with Gasteiger partial charge in [-0.15, -0.1) is 0 Å². The minimum atomic E-state index is -3.38. The maximum absolute atomic E-state index is 13.4. The molecule has 35 heavy (non-hydrogen) atoms. The van der Waals surface area contributed by atoms with Gasteiger partial charge in [0, 0.05) is 28.6 Å². The zero-order valence-electron chi connectivity index (χ0n) is 20.2. The van der Waals surface area contributed by atoms with Crippen LogP contribution in [0.5, 0.6) is 0 Å². The lowest BCUT2D eigenvalue weighted by Gasteiger charge is -2.24. The Hall–Kier alpha value is -3.23. The molecule has 8 heteroatoms. The lowest BCUT2D eigenvalue weighted by Crippen LogP contribution is -2.42.